The van der Waals surface area contributed by atoms with Crippen LogP contribution in [0.1, 0.15) is 31.5 Å². The fourth-order valence-electron chi connectivity index (χ4n) is 3.82. The molecule has 2 saturated heterocycles. The number of piperazine rings is 1. The molecule has 0 amide bonds. The smallest absolute Gasteiger partial charge is 0.223 e. The highest BCUT2D eigenvalue weighted by Crippen LogP contribution is 2.24. The lowest BCUT2D eigenvalue weighted by molar-refractivity contribution is 0.239. The average molecular weight is 357 g/mol. The monoisotopic (exact) mass is 357 g/mol. The zero-order chi connectivity index (χ0) is 17.9. The van der Waals surface area contributed by atoms with Crippen LogP contribution in [0, 0.1) is 12.8 Å². The van der Waals surface area contributed by atoms with Crippen LogP contribution in [0.3, 0.4) is 0 Å². The molecule has 26 heavy (non-hydrogen) atoms. The van der Waals surface area contributed by atoms with Crippen LogP contribution in [0.15, 0.2) is 16.9 Å². The quantitative estimate of drug-likeness (QED) is 0.819. The van der Waals surface area contributed by atoms with Gasteiger partial charge in [0.25, 0.3) is 0 Å². The van der Waals surface area contributed by atoms with Crippen molar-refractivity contribution < 1.29 is 4.52 Å². The normalized spacial score (nSPS) is 22.0. The van der Waals surface area contributed by atoms with Crippen LogP contribution in [0.4, 0.5) is 11.6 Å². The molecule has 0 radical (unpaired) electrons. The molecule has 0 spiro atoms. The largest absolute Gasteiger partial charge is 0.356 e. The lowest BCUT2D eigenvalue weighted by Crippen LogP contribution is -2.46. The van der Waals surface area contributed by atoms with E-state index in [0.717, 1.165) is 69.2 Å². The lowest BCUT2D eigenvalue weighted by atomic mass is 10.0. The van der Waals surface area contributed by atoms with Crippen molar-refractivity contribution in [3.05, 3.63) is 24.1 Å². The van der Waals surface area contributed by atoms with Crippen molar-refractivity contribution >= 4 is 11.6 Å². The molecule has 2 aliphatic heterocycles. The molecular formula is C18H27N7O. The molecule has 1 unspecified atom stereocenters. The molecule has 2 aliphatic rings. The first-order valence-corrected chi connectivity index (χ1v) is 9.51. The van der Waals surface area contributed by atoms with Gasteiger partial charge in [0.2, 0.25) is 5.89 Å². The van der Waals surface area contributed by atoms with Crippen LogP contribution in [0.25, 0.3) is 0 Å². The summed E-state index contributed by atoms with van der Waals surface area (Å²) in [5, 5.41) is 3.99. The molecule has 1 atom stereocenters. The first-order valence-electron chi connectivity index (χ1n) is 9.51. The van der Waals surface area contributed by atoms with Gasteiger partial charge in [-0.25, -0.2) is 9.97 Å². The summed E-state index contributed by atoms with van der Waals surface area (Å²) in [4.78, 5) is 20.4. The SMILES string of the molecule is Cc1nc(CN2CCN(c3cc(N4CCCC(C)C4)ncn3)CC2)no1. The van der Waals surface area contributed by atoms with Crippen LogP contribution in [0.5, 0.6) is 0 Å². The minimum absolute atomic E-state index is 0.624. The third-order valence-corrected chi connectivity index (χ3v) is 5.25. The first-order chi connectivity index (χ1) is 12.7. The Kier molecular flexibility index (Phi) is 5.01. The molecule has 0 N–H and O–H groups in total. The second-order valence-electron chi connectivity index (χ2n) is 7.42. The standard InChI is InChI=1S/C18H27N7O/c1-14-4-3-5-25(11-14)18-10-17(19-13-20-18)24-8-6-23(7-9-24)12-16-21-15(2)26-22-16/h10,13-14H,3-9,11-12H2,1-2H3. The maximum absolute atomic E-state index is 5.05. The minimum atomic E-state index is 0.624. The molecule has 0 aliphatic carbocycles. The van der Waals surface area contributed by atoms with Crippen molar-refractivity contribution in [3.63, 3.8) is 0 Å². The summed E-state index contributed by atoms with van der Waals surface area (Å²) in [6.07, 6.45) is 4.27. The average Bonchev–Trinajstić information content (AvgIpc) is 3.07. The van der Waals surface area contributed by atoms with Gasteiger partial charge in [0.1, 0.15) is 18.0 Å². The molecule has 2 fully saturated rings. The molecule has 8 nitrogen and oxygen atoms in total. The summed E-state index contributed by atoms with van der Waals surface area (Å²) in [5.41, 5.74) is 0. The number of piperidine rings is 1. The van der Waals surface area contributed by atoms with E-state index in [1.54, 1.807) is 6.33 Å². The molecule has 0 bridgehead atoms. The van der Waals surface area contributed by atoms with E-state index in [1.165, 1.54) is 12.8 Å². The summed E-state index contributed by atoms with van der Waals surface area (Å²) in [6, 6.07) is 2.15. The highest BCUT2D eigenvalue weighted by Gasteiger charge is 2.22. The number of rotatable bonds is 4. The summed E-state index contributed by atoms with van der Waals surface area (Å²) >= 11 is 0. The lowest BCUT2D eigenvalue weighted by Gasteiger charge is -2.36. The van der Waals surface area contributed by atoms with Crippen molar-refractivity contribution in [1.82, 2.24) is 25.0 Å². The maximum atomic E-state index is 5.05. The van der Waals surface area contributed by atoms with Crippen molar-refractivity contribution in [2.24, 2.45) is 5.92 Å². The van der Waals surface area contributed by atoms with Gasteiger partial charge < -0.3 is 14.3 Å². The Balaban J connectivity index is 1.36. The predicted octanol–water partition coefficient (Wildman–Crippen LogP) is 1.73. The summed E-state index contributed by atoms with van der Waals surface area (Å²) in [6.45, 7) is 10.9. The molecule has 4 rings (SSSR count). The second-order valence-corrected chi connectivity index (χ2v) is 7.42. The molecule has 0 saturated carbocycles. The van der Waals surface area contributed by atoms with Gasteiger partial charge >= 0.3 is 0 Å². The molecule has 4 heterocycles. The fourth-order valence-corrected chi connectivity index (χ4v) is 3.82. The van der Waals surface area contributed by atoms with E-state index < -0.39 is 0 Å². The Morgan fingerprint density at radius 3 is 2.54 bits per heavy atom. The Morgan fingerprint density at radius 1 is 1.08 bits per heavy atom. The molecule has 2 aromatic heterocycles. The van der Waals surface area contributed by atoms with E-state index in [-0.39, 0.29) is 0 Å². The Hall–Kier alpha value is -2.22. The summed E-state index contributed by atoms with van der Waals surface area (Å²) in [7, 11) is 0. The first kappa shape index (κ1) is 17.2. The van der Waals surface area contributed by atoms with Crippen LogP contribution < -0.4 is 9.80 Å². The van der Waals surface area contributed by atoms with Gasteiger partial charge in [-0.3, -0.25) is 4.90 Å². The summed E-state index contributed by atoms with van der Waals surface area (Å²) in [5.74, 6) is 4.22. The van der Waals surface area contributed by atoms with Crippen LogP contribution >= 0.6 is 0 Å². The van der Waals surface area contributed by atoms with Crippen molar-refractivity contribution in [2.75, 3.05) is 49.1 Å². The number of hydrogen-bond donors (Lipinski definition) is 0. The Morgan fingerprint density at radius 2 is 1.85 bits per heavy atom. The van der Waals surface area contributed by atoms with E-state index in [4.69, 9.17) is 4.52 Å². The summed E-state index contributed by atoms with van der Waals surface area (Å²) < 4.78 is 5.05. The molecule has 8 heteroatoms. The van der Waals surface area contributed by atoms with Gasteiger partial charge in [-0.1, -0.05) is 12.1 Å². The van der Waals surface area contributed by atoms with Crippen LogP contribution in [0.2, 0.25) is 0 Å². The number of hydrogen-bond acceptors (Lipinski definition) is 8. The highest BCUT2D eigenvalue weighted by molar-refractivity contribution is 5.50. The van der Waals surface area contributed by atoms with E-state index in [0.29, 0.717) is 5.89 Å². The molecule has 0 aromatic carbocycles. The van der Waals surface area contributed by atoms with Crippen molar-refractivity contribution in [1.29, 1.82) is 0 Å². The van der Waals surface area contributed by atoms with Gasteiger partial charge in [0.15, 0.2) is 5.82 Å². The Bertz CT molecular complexity index is 726. The third-order valence-electron chi connectivity index (χ3n) is 5.25. The maximum Gasteiger partial charge on any atom is 0.223 e. The Labute approximate surface area is 154 Å². The minimum Gasteiger partial charge on any atom is -0.356 e. The third kappa shape index (κ3) is 3.95. The number of aryl methyl sites for hydroxylation is 1. The van der Waals surface area contributed by atoms with E-state index >= 15 is 0 Å². The van der Waals surface area contributed by atoms with Crippen LogP contribution in [-0.2, 0) is 6.54 Å². The van der Waals surface area contributed by atoms with Crippen molar-refractivity contribution in [2.45, 2.75) is 33.2 Å². The van der Waals surface area contributed by atoms with E-state index in [1.807, 2.05) is 6.92 Å². The highest BCUT2D eigenvalue weighted by atomic mass is 16.5. The van der Waals surface area contributed by atoms with E-state index in [9.17, 15) is 0 Å². The molecule has 140 valence electrons. The van der Waals surface area contributed by atoms with Gasteiger partial charge in [0.05, 0.1) is 6.54 Å². The topological polar surface area (TPSA) is 74.4 Å². The van der Waals surface area contributed by atoms with Gasteiger partial charge in [-0.05, 0) is 18.8 Å². The predicted molar refractivity (Wildman–Crippen MR) is 99.2 cm³/mol. The zero-order valence-corrected chi connectivity index (χ0v) is 15.6. The zero-order valence-electron chi connectivity index (χ0n) is 15.6. The number of aromatic nitrogens is 4. The van der Waals surface area contributed by atoms with Crippen molar-refractivity contribution in [3.8, 4) is 0 Å². The second kappa shape index (κ2) is 7.57. The number of anilines is 2. The van der Waals surface area contributed by atoms with Gasteiger partial charge in [-0.2, -0.15) is 4.98 Å². The molecular weight excluding hydrogens is 330 g/mol. The van der Waals surface area contributed by atoms with Gasteiger partial charge in [0, 0.05) is 52.3 Å². The van der Waals surface area contributed by atoms with Crippen LogP contribution in [-0.4, -0.2) is 64.3 Å². The fraction of sp³-hybridized carbons (Fsp3) is 0.667. The van der Waals surface area contributed by atoms with E-state index in [2.05, 4.69) is 47.8 Å². The molecule has 2 aromatic rings. The van der Waals surface area contributed by atoms with Gasteiger partial charge in [-0.15, -0.1) is 0 Å². The number of nitrogens with zero attached hydrogens (tertiary/aromatic N) is 7.